The van der Waals surface area contributed by atoms with Gasteiger partial charge in [0, 0.05) is 24.5 Å². The Morgan fingerprint density at radius 1 is 1.45 bits per heavy atom. The van der Waals surface area contributed by atoms with Crippen molar-refractivity contribution < 1.29 is 4.79 Å². The smallest absolute Gasteiger partial charge is 0.315 e. The fraction of sp³-hybridized carbons (Fsp3) is 0.357. The van der Waals surface area contributed by atoms with Crippen molar-refractivity contribution in [3.63, 3.8) is 0 Å². The molecule has 0 radical (unpaired) electrons. The molecule has 5 nitrogen and oxygen atoms in total. The summed E-state index contributed by atoms with van der Waals surface area (Å²) in [5.41, 5.74) is 1.86. The third-order valence-corrected chi connectivity index (χ3v) is 3.63. The van der Waals surface area contributed by atoms with Crippen LogP contribution in [0.2, 0.25) is 0 Å². The van der Waals surface area contributed by atoms with Crippen molar-refractivity contribution in [2.24, 2.45) is 0 Å². The van der Waals surface area contributed by atoms with Crippen LogP contribution in [0.25, 0.3) is 0 Å². The fourth-order valence-electron chi connectivity index (χ4n) is 1.78. The molecule has 2 amide bonds. The fourth-order valence-corrected chi connectivity index (χ4v) is 2.43. The van der Waals surface area contributed by atoms with Crippen LogP contribution in [0.4, 0.5) is 4.79 Å². The van der Waals surface area contributed by atoms with Gasteiger partial charge in [0.1, 0.15) is 0 Å². The zero-order valence-electron chi connectivity index (χ0n) is 11.6. The van der Waals surface area contributed by atoms with Gasteiger partial charge in [0.2, 0.25) is 0 Å². The molecule has 2 aromatic rings. The Morgan fingerprint density at radius 3 is 2.95 bits per heavy atom. The molecule has 1 atom stereocenters. The molecule has 20 heavy (non-hydrogen) atoms. The molecule has 0 unspecified atom stereocenters. The number of nitrogens with one attached hydrogen (secondary N) is 2. The first-order valence-corrected chi connectivity index (χ1v) is 7.39. The Hall–Kier alpha value is -1.95. The van der Waals surface area contributed by atoms with E-state index in [9.17, 15) is 4.79 Å². The summed E-state index contributed by atoms with van der Waals surface area (Å²) in [4.78, 5) is 20.3. The predicted octanol–water partition coefficient (Wildman–Crippen LogP) is 2.45. The van der Waals surface area contributed by atoms with Crippen LogP contribution in [0.5, 0.6) is 0 Å². The maximum atomic E-state index is 11.8. The normalized spacial score (nSPS) is 11.9. The van der Waals surface area contributed by atoms with Gasteiger partial charge in [-0.2, -0.15) is 0 Å². The molecule has 6 heteroatoms. The quantitative estimate of drug-likeness (QED) is 0.889. The molecule has 0 saturated carbocycles. The van der Waals surface area contributed by atoms with Gasteiger partial charge in [0.05, 0.1) is 22.4 Å². The number of rotatable bonds is 5. The molecule has 0 aliphatic rings. The van der Waals surface area contributed by atoms with Crippen LogP contribution in [-0.4, -0.2) is 22.5 Å². The molecule has 106 valence electrons. The highest BCUT2D eigenvalue weighted by molar-refractivity contribution is 7.09. The van der Waals surface area contributed by atoms with E-state index >= 15 is 0 Å². The Balaban J connectivity index is 1.73. The topological polar surface area (TPSA) is 66.9 Å². The van der Waals surface area contributed by atoms with E-state index in [4.69, 9.17) is 0 Å². The standard InChI is InChI=1S/C14H18N4OS/c1-10(13-5-3-4-7-15-13)17-14(19)16-8-6-12-9-20-11(2)18-12/h3-5,7,9-10H,6,8H2,1-2H3,(H2,16,17,19)/t10-/m0/s1. The van der Waals surface area contributed by atoms with Gasteiger partial charge >= 0.3 is 6.03 Å². The number of aryl methyl sites for hydroxylation is 1. The lowest BCUT2D eigenvalue weighted by molar-refractivity contribution is 0.238. The summed E-state index contributed by atoms with van der Waals surface area (Å²) in [5.74, 6) is 0. The number of carbonyl (C=O) groups is 1. The van der Waals surface area contributed by atoms with Crippen LogP contribution in [0.15, 0.2) is 29.8 Å². The number of hydrogen-bond donors (Lipinski definition) is 2. The molecule has 2 heterocycles. The third-order valence-electron chi connectivity index (χ3n) is 2.81. The average molecular weight is 290 g/mol. The molecule has 2 N–H and O–H groups in total. The molecule has 2 aromatic heterocycles. The second kappa shape index (κ2) is 7.00. The highest BCUT2D eigenvalue weighted by atomic mass is 32.1. The number of pyridine rings is 1. The van der Waals surface area contributed by atoms with Gasteiger partial charge < -0.3 is 10.6 Å². The van der Waals surface area contributed by atoms with Crippen molar-refractivity contribution in [1.29, 1.82) is 0 Å². The number of amides is 2. The van der Waals surface area contributed by atoms with Crippen molar-refractivity contribution in [2.45, 2.75) is 26.3 Å². The lowest BCUT2D eigenvalue weighted by atomic mass is 10.2. The van der Waals surface area contributed by atoms with Crippen LogP contribution >= 0.6 is 11.3 Å². The number of thiazole rings is 1. The van der Waals surface area contributed by atoms with Crippen LogP contribution in [0.3, 0.4) is 0 Å². The Kier molecular flexibility index (Phi) is 5.06. The van der Waals surface area contributed by atoms with Crippen molar-refractivity contribution in [1.82, 2.24) is 20.6 Å². The van der Waals surface area contributed by atoms with Crippen LogP contribution in [0.1, 0.15) is 29.4 Å². The second-order valence-corrected chi connectivity index (χ2v) is 5.55. The minimum Gasteiger partial charge on any atom is -0.338 e. The van der Waals surface area contributed by atoms with Crippen molar-refractivity contribution in [2.75, 3.05) is 6.54 Å². The van der Waals surface area contributed by atoms with Gasteiger partial charge in [0.15, 0.2) is 0 Å². The summed E-state index contributed by atoms with van der Waals surface area (Å²) in [6.45, 7) is 4.46. The molecule has 2 rings (SSSR count). The Bertz CT molecular complexity index is 555. The summed E-state index contributed by atoms with van der Waals surface area (Å²) < 4.78 is 0. The zero-order chi connectivity index (χ0) is 14.4. The first kappa shape index (κ1) is 14.5. The van der Waals surface area contributed by atoms with Crippen LogP contribution in [0, 0.1) is 6.92 Å². The highest BCUT2D eigenvalue weighted by Crippen LogP contribution is 2.08. The molecule has 0 spiro atoms. The van der Waals surface area contributed by atoms with Crippen molar-refractivity contribution >= 4 is 17.4 Å². The average Bonchev–Trinajstić information content (AvgIpc) is 2.85. The monoisotopic (exact) mass is 290 g/mol. The van der Waals surface area contributed by atoms with E-state index in [-0.39, 0.29) is 12.1 Å². The van der Waals surface area contributed by atoms with E-state index < -0.39 is 0 Å². The molecule has 0 aliphatic carbocycles. The van der Waals surface area contributed by atoms with Crippen molar-refractivity contribution in [3.05, 3.63) is 46.2 Å². The third kappa shape index (κ3) is 4.31. The summed E-state index contributed by atoms with van der Waals surface area (Å²) in [7, 11) is 0. The number of nitrogens with zero attached hydrogens (tertiary/aromatic N) is 2. The van der Waals surface area contributed by atoms with Crippen molar-refractivity contribution in [3.8, 4) is 0 Å². The summed E-state index contributed by atoms with van der Waals surface area (Å²) in [5, 5.41) is 8.75. The summed E-state index contributed by atoms with van der Waals surface area (Å²) in [6.07, 6.45) is 2.46. The predicted molar refractivity (Wildman–Crippen MR) is 79.7 cm³/mol. The van der Waals surface area contributed by atoms with Gasteiger partial charge in [-0.3, -0.25) is 4.98 Å². The number of aromatic nitrogens is 2. The number of urea groups is 1. The minimum atomic E-state index is -0.185. The highest BCUT2D eigenvalue weighted by Gasteiger charge is 2.09. The van der Waals surface area contributed by atoms with Gasteiger partial charge in [-0.05, 0) is 26.0 Å². The Labute approximate surface area is 122 Å². The molecule has 0 aromatic carbocycles. The van der Waals surface area contributed by atoms with Crippen LogP contribution < -0.4 is 10.6 Å². The molecule has 0 saturated heterocycles. The number of hydrogen-bond acceptors (Lipinski definition) is 4. The SMILES string of the molecule is Cc1nc(CCNC(=O)N[C@@H](C)c2ccccn2)cs1. The van der Waals surface area contributed by atoms with E-state index in [0.29, 0.717) is 6.54 Å². The van der Waals surface area contributed by atoms with Gasteiger partial charge in [-0.15, -0.1) is 11.3 Å². The van der Waals surface area contributed by atoms with E-state index in [1.54, 1.807) is 17.5 Å². The van der Waals surface area contributed by atoms with E-state index in [0.717, 1.165) is 22.8 Å². The minimum absolute atomic E-state index is 0.113. The van der Waals surface area contributed by atoms with E-state index in [1.807, 2.05) is 37.4 Å². The van der Waals surface area contributed by atoms with Gasteiger partial charge in [-0.25, -0.2) is 9.78 Å². The molecular formula is C14H18N4OS. The lowest BCUT2D eigenvalue weighted by Crippen LogP contribution is -2.38. The lowest BCUT2D eigenvalue weighted by Gasteiger charge is -2.13. The van der Waals surface area contributed by atoms with Gasteiger partial charge in [0.25, 0.3) is 0 Å². The first-order valence-electron chi connectivity index (χ1n) is 6.51. The van der Waals surface area contributed by atoms with Gasteiger partial charge in [-0.1, -0.05) is 6.07 Å². The molecule has 0 aliphatic heterocycles. The van der Waals surface area contributed by atoms with Crippen LogP contribution in [-0.2, 0) is 6.42 Å². The molecule has 0 fully saturated rings. The summed E-state index contributed by atoms with van der Waals surface area (Å²) >= 11 is 1.62. The first-order chi connectivity index (χ1) is 9.65. The number of carbonyl (C=O) groups excluding carboxylic acids is 1. The Morgan fingerprint density at radius 2 is 2.30 bits per heavy atom. The molecule has 0 bridgehead atoms. The zero-order valence-corrected chi connectivity index (χ0v) is 12.4. The van der Waals surface area contributed by atoms with E-state index in [1.165, 1.54) is 0 Å². The van der Waals surface area contributed by atoms with E-state index in [2.05, 4.69) is 20.6 Å². The maximum Gasteiger partial charge on any atom is 0.315 e. The second-order valence-electron chi connectivity index (χ2n) is 4.48. The summed E-state index contributed by atoms with van der Waals surface area (Å²) in [6, 6.07) is 5.35. The largest absolute Gasteiger partial charge is 0.338 e. The molecular weight excluding hydrogens is 272 g/mol. The maximum absolute atomic E-state index is 11.8.